The highest BCUT2D eigenvalue weighted by atomic mass is 16.5. The molecule has 5 heteroatoms. The predicted molar refractivity (Wildman–Crippen MR) is 54.3 cm³/mol. The van der Waals surface area contributed by atoms with Gasteiger partial charge in [0.1, 0.15) is 6.61 Å². The summed E-state index contributed by atoms with van der Waals surface area (Å²) in [5.41, 5.74) is 0.846. The summed E-state index contributed by atoms with van der Waals surface area (Å²) in [6, 6.07) is 0. The van der Waals surface area contributed by atoms with Gasteiger partial charge in [-0.15, -0.1) is 0 Å². The van der Waals surface area contributed by atoms with Gasteiger partial charge in [-0.2, -0.15) is 0 Å². The van der Waals surface area contributed by atoms with Crippen molar-refractivity contribution in [1.29, 1.82) is 0 Å². The van der Waals surface area contributed by atoms with E-state index in [0.29, 0.717) is 23.8 Å². The molecule has 0 bridgehead atoms. The van der Waals surface area contributed by atoms with Crippen molar-refractivity contribution in [2.75, 3.05) is 6.54 Å². The Balaban J connectivity index is 2.69. The average molecular weight is 212 g/mol. The van der Waals surface area contributed by atoms with Crippen LogP contribution in [0.4, 0.5) is 0 Å². The van der Waals surface area contributed by atoms with Gasteiger partial charge in [0.05, 0.1) is 0 Å². The molecular weight excluding hydrogens is 196 g/mol. The Morgan fingerprint density at radius 3 is 2.73 bits per heavy atom. The molecular formula is C10H16N2O3. The van der Waals surface area contributed by atoms with Crippen LogP contribution in [0.5, 0.6) is 0 Å². The Bertz CT molecular complexity index is 344. The zero-order valence-electron chi connectivity index (χ0n) is 9.20. The second-order valence-corrected chi connectivity index (χ2v) is 3.84. The van der Waals surface area contributed by atoms with Gasteiger partial charge in [-0.05, 0) is 12.8 Å². The fourth-order valence-corrected chi connectivity index (χ4v) is 1.11. The molecule has 0 aliphatic rings. The summed E-state index contributed by atoms with van der Waals surface area (Å²) in [4.78, 5) is 11.6. The molecule has 15 heavy (non-hydrogen) atoms. The second kappa shape index (κ2) is 4.93. The molecule has 0 saturated carbocycles. The number of rotatable bonds is 4. The van der Waals surface area contributed by atoms with Crippen LogP contribution in [0.25, 0.3) is 0 Å². The molecule has 0 saturated heterocycles. The maximum Gasteiger partial charge on any atom is 0.273 e. The van der Waals surface area contributed by atoms with Crippen molar-refractivity contribution in [2.24, 2.45) is 5.92 Å². The SMILES string of the molecule is Cc1c(C(=O)NCC(C)C)noc1CO. The Morgan fingerprint density at radius 2 is 2.27 bits per heavy atom. The number of hydrogen-bond donors (Lipinski definition) is 2. The van der Waals surface area contributed by atoms with Crippen molar-refractivity contribution in [1.82, 2.24) is 10.5 Å². The van der Waals surface area contributed by atoms with Crippen molar-refractivity contribution in [3.8, 4) is 0 Å². The third-order valence-electron chi connectivity index (χ3n) is 2.05. The van der Waals surface area contributed by atoms with Crippen LogP contribution in [-0.2, 0) is 6.61 Å². The van der Waals surface area contributed by atoms with Crippen LogP contribution >= 0.6 is 0 Å². The number of carbonyl (C=O) groups is 1. The van der Waals surface area contributed by atoms with Gasteiger partial charge >= 0.3 is 0 Å². The highest BCUT2D eigenvalue weighted by Gasteiger charge is 2.17. The summed E-state index contributed by atoms with van der Waals surface area (Å²) in [7, 11) is 0. The lowest BCUT2D eigenvalue weighted by Crippen LogP contribution is -2.28. The van der Waals surface area contributed by atoms with E-state index in [1.165, 1.54) is 0 Å². The number of nitrogens with zero attached hydrogens (tertiary/aromatic N) is 1. The minimum absolute atomic E-state index is 0.240. The minimum Gasteiger partial charge on any atom is -0.388 e. The molecule has 1 aromatic heterocycles. The Morgan fingerprint density at radius 1 is 1.60 bits per heavy atom. The van der Waals surface area contributed by atoms with Crippen molar-refractivity contribution >= 4 is 5.91 Å². The summed E-state index contributed by atoms with van der Waals surface area (Å²) < 4.78 is 4.81. The number of nitrogens with one attached hydrogen (secondary N) is 1. The van der Waals surface area contributed by atoms with Crippen LogP contribution in [0.1, 0.15) is 35.7 Å². The van der Waals surface area contributed by atoms with E-state index in [4.69, 9.17) is 9.63 Å². The topological polar surface area (TPSA) is 75.4 Å². The van der Waals surface area contributed by atoms with Gasteiger partial charge in [0, 0.05) is 12.1 Å². The standard InChI is InChI=1S/C10H16N2O3/c1-6(2)4-11-10(14)9-7(3)8(5-13)15-12-9/h6,13H,4-5H2,1-3H3,(H,11,14). The van der Waals surface area contributed by atoms with E-state index in [9.17, 15) is 4.79 Å². The Hall–Kier alpha value is -1.36. The first kappa shape index (κ1) is 11.7. The zero-order valence-corrected chi connectivity index (χ0v) is 9.20. The molecule has 2 N–H and O–H groups in total. The van der Waals surface area contributed by atoms with E-state index in [-0.39, 0.29) is 18.2 Å². The molecule has 0 aliphatic carbocycles. The molecule has 0 atom stereocenters. The number of amides is 1. The number of hydrogen-bond acceptors (Lipinski definition) is 4. The van der Waals surface area contributed by atoms with Crippen molar-refractivity contribution in [2.45, 2.75) is 27.4 Å². The molecule has 0 aliphatic heterocycles. The largest absolute Gasteiger partial charge is 0.388 e. The molecule has 1 amide bonds. The van der Waals surface area contributed by atoms with Gasteiger partial charge in [-0.25, -0.2) is 0 Å². The van der Waals surface area contributed by atoms with Crippen LogP contribution < -0.4 is 5.32 Å². The predicted octanol–water partition coefficient (Wildman–Crippen LogP) is 0.861. The fraction of sp³-hybridized carbons (Fsp3) is 0.600. The van der Waals surface area contributed by atoms with Crippen LogP contribution in [0, 0.1) is 12.8 Å². The van der Waals surface area contributed by atoms with Gasteiger partial charge in [0.2, 0.25) is 0 Å². The molecule has 1 rings (SSSR count). The summed E-state index contributed by atoms with van der Waals surface area (Å²) >= 11 is 0. The molecule has 0 radical (unpaired) electrons. The van der Waals surface area contributed by atoms with E-state index in [2.05, 4.69) is 10.5 Å². The van der Waals surface area contributed by atoms with Crippen LogP contribution in [0.3, 0.4) is 0 Å². The lowest BCUT2D eigenvalue weighted by atomic mass is 10.2. The molecule has 5 nitrogen and oxygen atoms in total. The number of aromatic nitrogens is 1. The molecule has 0 unspecified atom stereocenters. The van der Waals surface area contributed by atoms with E-state index in [1.54, 1.807) is 6.92 Å². The van der Waals surface area contributed by atoms with Gasteiger partial charge in [0.15, 0.2) is 11.5 Å². The number of aliphatic hydroxyl groups is 1. The summed E-state index contributed by atoms with van der Waals surface area (Å²) in [5, 5.41) is 15.2. The van der Waals surface area contributed by atoms with E-state index in [1.807, 2.05) is 13.8 Å². The highest BCUT2D eigenvalue weighted by molar-refractivity contribution is 5.93. The quantitative estimate of drug-likeness (QED) is 0.776. The summed E-state index contributed by atoms with van der Waals surface area (Å²) in [6.07, 6.45) is 0. The first-order chi connectivity index (χ1) is 7.06. The minimum atomic E-state index is -0.260. The van der Waals surface area contributed by atoms with Gasteiger partial charge in [-0.1, -0.05) is 19.0 Å². The van der Waals surface area contributed by atoms with Gasteiger partial charge < -0.3 is 14.9 Å². The van der Waals surface area contributed by atoms with Crippen LogP contribution in [-0.4, -0.2) is 22.7 Å². The lowest BCUT2D eigenvalue weighted by Gasteiger charge is -2.05. The smallest absolute Gasteiger partial charge is 0.273 e. The van der Waals surface area contributed by atoms with Crippen molar-refractivity contribution in [3.63, 3.8) is 0 Å². The summed E-state index contributed by atoms with van der Waals surface area (Å²) in [5.74, 6) is 0.466. The molecule has 0 spiro atoms. The fourth-order valence-electron chi connectivity index (χ4n) is 1.11. The van der Waals surface area contributed by atoms with Crippen LogP contribution in [0.2, 0.25) is 0 Å². The zero-order chi connectivity index (χ0) is 11.4. The molecule has 0 aromatic carbocycles. The van der Waals surface area contributed by atoms with E-state index in [0.717, 1.165) is 0 Å². The first-order valence-corrected chi connectivity index (χ1v) is 4.90. The third kappa shape index (κ3) is 2.79. The van der Waals surface area contributed by atoms with Crippen molar-refractivity contribution < 1.29 is 14.4 Å². The van der Waals surface area contributed by atoms with E-state index >= 15 is 0 Å². The average Bonchev–Trinajstić information content (AvgIpc) is 2.56. The highest BCUT2D eigenvalue weighted by Crippen LogP contribution is 2.12. The van der Waals surface area contributed by atoms with Gasteiger partial charge in [0.25, 0.3) is 5.91 Å². The molecule has 0 fully saturated rings. The third-order valence-corrected chi connectivity index (χ3v) is 2.05. The van der Waals surface area contributed by atoms with Gasteiger partial charge in [-0.3, -0.25) is 4.79 Å². The Kier molecular flexibility index (Phi) is 3.85. The first-order valence-electron chi connectivity index (χ1n) is 4.90. The summed E-state index contributed by atoms with van der Waals surface area (Å²) in [6.45, 7) is 6.08. The monoisotopic (exact) mass is 212 g/mol. The maximum absolute atomic E-state index is 11.6. The van der Waals surface area contributed by atoms with E-state index < -0.39 is 0 Å². The van der Waals surface area contributed by atoms with Crippen LogP contribution in [0.15, 0.2) is 4.52 Å². The molecule has 1 aromatic rings. The molecule has 1 heterocycles. The molecule has 84 valence electrons. The number of aliphatic hydroxyl groups excluding tert-OH is 1. The maximum atomic E-state index is 11.6. The normalized spacial score (nSPS) is 10.7. The second-order valence-electron chi connectivity index (χ2n) is 3.84. The Labute approximate surface area is 88.5 Å². The van der Waals surface area contributed by atoms with Crippen molar-refractivity contribution in [3.05, 3.63) is 17.0 Å². The lowest BCUT2D eigenvalue weighted by molar-refractivity contribution is 0.0939. The number of carbonyl (C=O) groups excluding carboxylic acids is 1.